The Bertz CT molecular complexity index is 3310. The van der Waals surface area contributed by atoms with Crippen LogP contribution in [0.1, 0.15) is 165 Å². The first-order chi connectivity index (χ1) is 33.5. The van der Waals surface area contributed by atoms with Gasteiger partial charge in [0.05, 0.1) is 11.4 Å². The highest BCUT2D eigenvalue weighted by Gasteiger charge is 2.51. The summed E-state index contributed by atoms with van der Waals surface area (Å²) in [6.07, 6.45) is 7.06. The van der Waals surface area contributed by atoms with Crippen molar-refractivity contribution in [3.63, 3.8) is 0 Å². The van der Waals surface area contributed by atoms with Gasteiger partial charge >= 0.3 is 0 Å². The highest BCUT2D eigenvalue weighted by Crippen LogP contribution is 2.58. The Morgan fingerprint density at radius 2 is 0.972 bits per heavy atom. The lowest BCUT2D eigenvalue weighted by Gasteiger charge is -2.47. The SMILES string of the molecule is Cc1ccc(N2c3ccc(C)cc3B3c4sc5c(c4N(c4ccc6c(c4)C(C)(C)CCC6(C)C)c4cc(N(c6ccccc6)c6ccc7c(c6)C(C)(C)CCC7(C)C)cc2c43)C(C)(C)CCC5(C)C)cc1. The van der Waals surface area contributed by atoms with E-state index in [9.17, 15) is 0 Å². The van der Waals surface area contributed by atoms with Gasteiger partial charge in [-0.2, -0.15) is 11.3 Å². The number of para-hydroxylation sites is 1. The molecule has 0 atom stereocenters. The predicted octanol–water partition coefficient (Wildman–Crippen LogP) is 17.0. The molecule has 0 saturated carbocycles. The Morgan fingerprint density at radius 1 is 0.437 bits per heavy atom. The van der Waals surface area contributed by atoms with Crippen molar-refractivity contribution in [2.24, 2.45) is 0 Å². The third-order valence-corrected chi connectivity index (χ3v) is 20.1. The molecule has 12 rings (SSSR count). The van der Waals surface area contributed by atoms with Gasteiger partial charge in [-0.1, -0.05) is 149 Å². The summed E-state index contributed by atoms with van der Waals surface area (Å²) < 4.78 is 1.49. The van der Waals surface area contributed by atoms with Gasteiger partial charge in [0.15, 0.2) is 0 Å². The van der Waals surface area contributed by atoms with Gasteiger partial charge in [0.25, 0.3) is 6.71 Å². The number of nitrogens with zero attached hydrogens (tertiary/aromatic N) is 3. The van der Waals surface area contributed by atoms with Gasteiger partial charge in [-0.3, -0.25) is 0 Å². The number of hydrogen-bond donors (Lipinski definition) is 0. The van der Waals surface area contributed by atoms with Gasteiger partial charge in [0.1, 0.15) is 0 Å². The zero-order valence-corrected chi connectivity index (χ0v) is 45.9. The van der Waals surface area contributed by atoms with Crippen LogP contribution in [0.2, 0.25) is 0 Å². The van der Waals surface area contributed by atoms with Crippen LogP contribution in [0.4, 0.5) is 51.2 Å². The molecule has 7 aromatic rings. The van der Waals surface area contributed by atoms with Crippen LogP contribution in [0, 0.1) is 13.8 Å². The first-order valence-corrected chi connectivity index (χ1v) is 27.6. The van der Waals surface area contributed by atoms with Crippen molar-refractivity contribution in [3.8, 4) is 0 Å². The Labute approximate surface area is 430 Å². The van der Waals surface area contributed by atoms with Crippen LogP contribution in [-0.4, -0.2) is 6.71 Å². The Kier molecular flexibility index (Phi) is 10.2. The van der Waals surface area contributed by atoms with Crippen LogP contribution in [0.15, 0.2) is 121 Å². The average Bonchev–Trinajstić information content (AvgIpc) is 3.75. The number of thiophene rings is 1. The molecule has 1 aromatic heterocycles. The maximum absolute atomic E-state index is 2.79. The lowest BCUT2D eigenvalue weighted by Crippen LogP contribution is -2.60. The molecule has 0 unspecified atom stereocenters. The molecule has 0 saturated heterocycles. The summed E-state index contributed by atoms with van der Waals surface area (Å²) in [7, 11) is 0. The van der Waals surface area contributed by atoms with Crippen LogP contribution < -0.4 is 30.4 Å². The molecular weight excluding hydrogens is 878 g/mol. The van der Waals surface area contributed by atoms with Crippen molar-refractivity contribution in [1.29, 1.82) is 0 Å². The van der Waals surface area contributed by atoms with Crippen LogP contribution >= 0.6 is 11.3 Å². The van der Waals surface area contributed by atoms with E-state index in [-0.39, 0.29) is 39.2 Å². The molecule has 6 aromatic carbocycles. The van der Waals surface area contributed by atoms with E-state index >= 15 is 0 Å². The number of aryl methyl sites for hydroxylation is 2. The minimum absolute atomic E-state index is 0.0155. The van der Waals surface area contributed by atoms with E-state index in [0.29, 0.717) is 0 Å². The lowest BCUT2D eigenvalue weighted by molar-refractivity contribution is 0.332. The topological polar surface area (TPSA) is 9.72 Å². The standard InChI is InChI=1S/C66H74BN3S/c1-41-20-23-44(24-21-41)69-53-29-22-42(2)36-52(53)67-57-54(69)39-47(68(43-18-16-15-17-19-43)45-25-27-48-50(37-45)63(7,8)32-30-61(48,3)4)40-55(57)70(46-26-28-49-51(38-46)64(9,10)33-31-62(49,5)6)58-56-59(71-60(58)67)66(13,14)35-34-65(56,11)12/h15-29,36-40H,30-35H2,1-14H3. The van der Waals surface area contributed by atoms with Crippen LogP contribution in [0.25, 0.3) is 0 Å². The summed E-state index contributed by atoms with van der Waals surface area (Å²) in [6, 6.07) is 48.0. The van der Waals surface area contributed by atoms with E-state index in [0.717, 1.165) is 12.1 Å². The third kappa shape index (κ3) is 7.09. The van der Waals surface area contributed by atoms with E-state index in [4.69, 9.17) is 0 Å². The second-order valence-corrected chi connectivity index (χ2v) is 27.4. The van der Waals surface area contributed by atoms with E-state index in [1.165, 1.54) is 127 Å². The van der Waals surface area contributed by atoms with E-state index in [1.54, 1.807) is 10.4 Å². The largest absolute Gasteiger partial charge is 0.311 e. The fraction of sp³-hybridized carbons (Fsp3) is 0.394. The Balaban J connectivity index is 1.23. The lowest BCUT2D eigenvalue weighted by atomic mass is 9.36. The highest BCUT2D eigenvalue weighted by molar-refractivity contribution is 7.29. The summed E-state index contributed by atoms with van der Waals surface area (Å²) >= 11 is 2.13. The second-order valence-electron chi connectivity index (χ2n) is 26.4. The van der Waals surface area contributed by atoms with Gasteiger partial charge in [0.2, 0.25) is 0 Å². The summed E-state index contributed by atoms with van der Waals surface area (Å²) in [5.41, 5.74) is 24.5. The minimum Gasteiger partial charge on any atom is -0.311 e. The molecule has 0 bridgehead atoms. The van der Waals surface area contributed by atoms with Crippen molar-refractivity contribution in [1.82, 2.24) is 0 Å². The molecule has 0 spiro atoms. The fourth-order valence-electron chi connectivity index (χ4n) is 13.7. The molecule has 2 aliphatic heterocycles. The Morgan fingerprint density at radius 3 is 1.62 bits per heavy atom. The van der Waals surface area contributed by atoms with Crippen molar-refractivity contribution in [2.45, 2.75) is 168 Å². The summed E-state index contributed by atoms with van der Waals surface area (Å²) in [5.74, 6) is 0. The molecular formula is C66H74BN3S. The third-order valence-electron chi connectivity index (χ3n) is 18.4. The fourth-order valence-corrected chi connectivity index (χ4v) is 15.4. The molecule has 3 aliphatic carbocycles. The minimum atomic E-state index is -0.0155. The monoisotopic (exact) mass is 952 g/mol. The molecule has 0 amide bonds. The van der Waals surface area contributed by atoms with E-state index in [1.807, 2.05) is 0 Å². The normalized spacial score (nSPS) is 19.9. The number of fused-ring (bicyclic) bond motifs is 8. The maximum atomic E-state index is 2.79. The molecule has 0 N–H and O–H groups in total. The number of benzene rings is 6. The van der Waals surface area contributed by atoms with Crippen LogP contribution in [-0.2, 0) is 32.5 Å². The molecule has 5 heteroatoms. The first kappa shape index (κ1) is 46.5. The summed E-state index contributed by atoms with van der Waals surface area (Å²) in [4.78, 5) is 9.54. The second kappa shape index (κ2) is 15.5. The molecule has 362 valence electrons. The summed E-state index contributed by atoms with van der Waals surface area (Å²) in [5, 5.41) is 0. The Hall–Kier alpha value is -5.52. The molecule has 3 heterocycles. The number of hydrogen-bond acceptors (Lipinski definition) is 4. The van der Waals surface area contributed by atoms with Gasteiger partial charge in [0, 0.05) is 49.5 Å². The molecule has 0 radical (unpaired) electrons. The smallest absolute Gasteiger partial charge is 0.264 e. The van der Waals surface area contributed by atoms with Crippen LogP contribution in [0.5, 0.6) is 0 Å². The molecule has 3 nitrogen and oxygen atoms in total. The van der Waals surface area contributed by atoms with Crippen molar-refractivity contribution < 1.29 is 0 Å². The molecule has 0 fully saturated rings. The molecule has 71 heavy (non-hydrogen) atoms. The van der Waals surface area contributed by atoms with E-state index < -0.39 is 0 Å². The van der Waals surface area contributed by atoms with Gasteiger partial charge in [-0.25, -0.2) is 0 Å². The van der Waals surface area contributed by atoms with E-state index in [2.05, 4.69) is 244 Å². The van der Waals surface area contributed by atoms with Crippen molar-refractivity contribution in [2.75, 3.05) is 14.7 Å². The van der Waals surface area contributed by atoms with Gasteiger partial charge in [-0.05, 0) is 190 Å². The van der Waals surface area contributed by atoms with Gasteiger partial charge in [-0.15, -0.1) is 0 Å². The average molecular weight is 952 g/mol. The number of rotatable bonds is 5. The van der Waals surface area contributed by atoms with Crippen LogP contribution in [0.3, 0.4) is 0 Å². The highest BCUT2D eigenvalue weighted by atomic mass is 32.1. The maximum Gasteiger partial charge on any atom is 0.264 e. The summed E-state index contributed by atoms with van der Waals surface area (Å²) in [6.45, 7) is 34.4. The van der Waals surface area contributed by atoms with Crippen molar-refractivity contribution >= 4 is 84.9 Å². The quantitative estimate of drug-likeness (QED) is 0.159. The van der Waals surface area contributed by atoms with Gasteiger partial charge < -0.3 is 14.7 Å². The molecule has 5 aliphatic rings. The number of anilines is 9. The zero-order valence-electron chi connectivity index (χ0n) is 45.1. The van der Waals surface area contributed by atoms with Crippen molar-refractivity contribution in [3.05, 3.63) is 165 Å². The first-order valence-electron chi connectivity index (χ1n) is 26.8. The predicted molar refractivity (Wildman–Crippen MR) is 308 cm³/mol. The zero-order chi connectivity index (χ0) is 49.9.